The van der Waals surface area contributed by atoms with Gasteiger partial charge in [0.1, 0.15) is 0 Å². The van der Waals surface area contributed by atoms with Gasteiger partial charge in [-0.1, -0.05) is 42.5 Å². The molecule has 0 N–H and O–H groups in total. The number of hydrogen-bond donors (Lipinski definition) is 0. The molecule has 0 unspecified atom stereocenters. The minimum absolute atomic E-state index is 0.0259. The molecule has 0 aromatic heterocycles. The number of aryl methyl sites for hydroxylation is 1. The first-order chi connectivity index (χ1) is 14.0. The Labute approximate surface area is 173 Å². The molecule has 2 aromatic carbocycles. The van der Waals surface area contributed by atoms with E-state index in [1.807, 2.05) is 23.1 Å². The van der Waals surface area contributed by atoms with Crippen LogP contribution in [0.4, 0.5) is 5.69 Å². The van der Waals surface area contributed by atoms with Crippen molar-refractivity contribution >= 4 is 17.5 Å². The van der Waals surface area contributed by atoms with Gasteiger partial charge in [-0.05, 0) is 36.6 Å². The lowest BCUT2D eigenvalue weighted by Crippen LogP contribution is -2.49. The summed E-state index contributed by atoms with van der Waals surface area (Å²) in [7, 11) is 0. The predicted molar refractivity (Wildman–Crippen MR) is 117 cm³/mol. The zero-order valence-electron chi connectivity index (χ0n) is 17.5. The highest BCUT2D eigenvalue weighted by Gasteiger charge is 2.22. The Bertz CT molecular complexity index is 814. The van der Waals surface area contributed by atoms with Gasteiger partial charge in [0.15, 0.2) is 0 Å². The second-order valence-corrected chi connectivity index (χ2v) is 7.70. The Morgan fingerprint density at radius 3 is 2.31 bits per heavy atom. The van der Waals surface area contributed by atoms with Crippen molar-refractivity contribution in [3.63, 3.8) is 0 Å². The summed E-state index contributed by atoms with van der Waals surface area (Å²) in [5.74, 6) is 0.165. The average Bonchev–Trinajstić information content (AvgIpc) is 2.74. The van der Waals surface area contributed by atoms with Crippen molar-refractivity contribution in [3.05, 3.63) is 65.7 Å². The molecule has 1 fully saturated rings. The summed E-state index contributed by atoms with van der Waals surface area (Å²) in [5, 5.41) is 0. The van der Waals surface area contributed by atoms with Crippen LogP contribution in [-0.2, 0) is 16.0 Å². The van der Waals surface area contributed by atoms with Gasteiger partial charge in [-0.3, -0.25) is 9.59 Å². The van der Waals surface area contributed by atoms with Crippen LogP contribution in [0, 0.1) is 6.92 Å². The number of benzene rings is 2. The monoisotopic (exact) mass is 393 g/mol. The van der Waals surface area contributed by atoms with Gasteiger partial charge in [-0.2, -0.15) is 0 Å². The quantitative estimate of drug-likeness (QED) is 0.726. The van der Waals surface area contributed by atoms with Gasteiger partial charge >= 0.3 is 0 Å². The smallest absolute Gasteiger partial charge is 0.224 e. The third-order valence-electron chi connectivity index (χ3n) is 5.55. The molecule has 5 nitrogen and oxygen atoms in total. The van der Waals surface area contributed by atoms with E-state index >= 15 is 0 Å². The van der Waals surface area contributed by atoms with Gasteiger partial charge in [-0.15, -0.1) is 0 Å². The van der Waals surface area contributed by atoms with Gasteiger partial charge in [0, 0.05) is 58.3 Å². The van der Waals surface area contributed by atoms with Crippen LogP contribution >= 0.6 is 0 Å². The largest absolute Gasteiger partial charge is 0.368 e. The van der Waals surface area contributed by atoms with Crippen molar-refractivity contribution in [1.82, 2.24) is 9.80 Å². The van der Waals surface area contributed by atoms with Gasteiger partial charge in [-0.25, -0.2) is 0 Å². The van der Waals surface area contributed by atoms with Crippen LogP contribution in [0.2, 0.25) is 0 Å². The molecular weight excluding hydrogens is 362 g/mol. The summed E-state index contributed by atoms with van der Waals surface area (Å²) in [6.07, 6.45) is 1.20. The van der Waals surface area contributed by atoms with E-state index in [0.717, 1.165) is 32.6 Å². The van der Waals surface area contributed by atoms with Crippen LogP contribution in [0.25, 0.3) is 0 Å². The van der Waals surface area contributed by atoms with Crippen molar-refractivity contribution in [1.29, 1.82) is 0 Å². The molecule has 0 atom stereocenters. The number of carbonyl (C=O) groups excluding carboxylic acids is 2. The lowest BCUT2D eigenvalue weighted by Gasteiger charge is -2.36. The zero-order valence-corrected chi connectivity index (χ0v) is 17.5. The van der Waals surface area contributed by atoms with Crippen molar-refractivity contribution in [2.45, 2.75) is 26.7 Å². The third-order valence-corrected chi connectivity index (χ3v) is 5.55. The molecule has 0 saturated carbocycles. The lowest BCUT2D eigenvalue weighted by atomic mass is 10.1. The molecule has 5 heteroatoms. The molecule has 2 aromatic rings. The first-order valence-corrected chi connectivity index (χ1v) is 10.4. The molecule has 1 aliphatic heterocycles. The second-order valence-electron chi connectivity index (χ2n) is 7.70. The van der Waals surface area contributed by atoms with E-state index in [1.165, 1.54) is 16.8 Å². The van der Waals surface area contributed by atoms with Crippen LogP contribution in [0.3, 0.4) is 0 Å². The Morgan fingerprint density at radius 2 is 1.66 bits per heavy atom. The molecule has 1 heterocycles. The van der Waals surface area contributed by atoms with Crippen LogP contribution in [0.1, 0.15) is 24.5 Å². The maximum atomic E-state index is 12.7. The highest BCUT2D eigenvalue weighted by atomic mass is 16.2. The Kier molecular flexibility index (Phi) is 7.28. The molecule has 3 rings (SSSR count). The number of amides is 2. The Balaban J connectivity index is 1.45. The summed E-state index contributed by atoms with van der Waals surface area (Å²) in [5.41, 5.74) is 3.68. The Morgan fingerprint density at radius 1 is 0.931 bits per heavy atom. The number of rotatable bonds is 7. The van der Waals surface area contributed by atoms with Crippen molar-refractivity contribution in [2.24, 2.45) is 0 Å². The topological polar surface area (TPSA) is 43.9 Å². The standard InChI is InChI=1S/C24H31N3O2/c1-20-7-6-10-23(19-20)26-15-17-27(18-16-26)24(29)12-14-25(21(2)28)13-11-22-8-4-3-5-9-22/h3-10,19H,11-18H2,1-2H3. The van der Waals surface area contributed by atoms with E-state index in [-0.39, 0.29) is 11.8 Å². The van der Waals surface area contributed by atoms with Gasteiger partial charge in [0.25, 0.3) is 0 Å². The van der Waals surface area contributed by atoms with Crippen molar-refractivity contribution in [2.75, 3.05) is 44.2 Å². The highest BCUT2D eigenvalue weighted by Crippen LogP contribution is 2.18. The molecule has 1 saturated heterocycles. The van der Waals surface area contributed by atoms with Crippen LogP contribution in [0.15, 0.2) is 54.6 Å². The van der Waals surface area contributed by atoms with E-state index in [9.17, 15) is 9.59 Å². The Hall–Kier alpha value is -2.82. The number of nitrogens with zero attached hydrogens (tertiary/aromatic N) is 3. The third kappa shape index (κ3) is 6.08. The van der Waals surface area contributed by atoms with E-state index in [0.29, 0.717) is 19.5 Å². The summed E-state index contributed by atoms with van der Waals surface area (Å²) in [6, 6.07) is 18.6. The molecular formula is C24H31N3O2. The zero-order chi connectivity index (χ0) is 20.6. The molecule has 0 aliphatic carbocycles. The summed E-state index contributed by atoms with van der Waals surface area (Å²) < 4.78 is 0. The number of hydrogen-bond acceptors (Lipinski definition) is 3. The predicted octanol–water partition coefficient (Wildman–Crippen LogP) is 3.12. The number of carbonyl (C=O) groups is 2. The molecule has 0 radical (unpaired) electrons. The molecule has 0 bridgehead atoms. The normalized spacial score (nSPS) is 14.0. The van der Waals surface area contributed by atoms with E-state index in [2.05, 4.69) is 48.2 Å². The minimum atomic E-state index is 0.0259. The molecule has 154 valence electrons. The highest BCUT2D eigenvalue weighted by molar-refractivity contribution is 5.78. The summed E-state index contributed by atoms with van der Waals surface area (Å²) in [6.45, 7) is 7.97. The fourth-order valence-corrected chi connectivity index (χ4v) is 3.76. The van der Waals surface area contributed by atoms with E-state index in [1.54, 1.807) is 11.8 Å². The fourth-order valence-electron chi connectivity index (χ4n) is 3.76. The van der Waals surface area contributed by atoms with Crippen LogP contribution in [0.5, 0.6) is 0 Å². The molecule has 0 spiro atoms. The maximum Gasteiger partial charge on any atom is 0.224 e. The van der Waals surface area contributed by atoms with Crippen molar-refractivity contribution < 1.29 is 9.59 Å². The first-order valence-electron chi connectivity index (χ1n) is 10.4. The minimum Gasteiger partial charge on any atom is -0.368 e. The molecule has 1 aliphatic rings. The SMILES string of the molecule is CC(=O)N(CCC(=O)N1CCN(c2cccc(C)c2)CC1)CCc1ccccc1. The maximum absolute atomic E-state index is 12.7. The van der Waals surface area contributed by atoms with Crippen molar-refractivity contribution in [3.8, 4) is 0 Å². The summed E-state index contributed by atoms with van der Waals surface area (Å²) >= 11 is 0. The fraction of sp³-hybridized carbons (Fsp3) is 0.417. The number of anilines is 1. The summed E-state index contributed by atoms with van der Waals surface area (Å²) in [4.78, 5) is 30.7. The van der Waals surface area contributed by atoms with Crippen LogP contribution < -0.4 is 4.90 Å². The molecule has 2 amide bonds. The number of piperazine rings is 1. The first kappa shape index (κ1) is 20.9. The second kappa shape index (κ2) is 10.1. The molecule has 29 heavy (non-hydrogen) atoms. The van der Waals surface area contributed by atoms with Gasteiger partial charge in [0.05, 0.1) is 0 Å². The lowest BCUT2D eigenvalue weighted by molar-refractivity contribution is -0.133. The average molecular weight is 394 g/mol. The van der Waals surface area contributed by atoms with E-state index in [4.69, 9.17) is 0 Å². The van der Waals surface area contributed by atoms with Gasteiger partial charge < -0.3 is 14.7 Å². The van der Waals surface area contributed by atoms with Crippen LogP contribution in [-0.4, -0.2) is 60.9 Å². The van der Waals surface area contributed by atoms with Gasteiger partial charge in [0.2, 0.25) is 11.8 Å². The van der Waals surface area contributed by atoms with E-state index < -0.39 is 0 Å².